The Labute approximate surface area is 72.7 Å². The predicted octanol–water partition coefficient (Wildman–Crippen LogP) is -0.501. The van der Waals surface area contributed by atoms with Crippen LogP contribution in [0.1, 0.15) is 13.3 Å². The van der Waals surface area contributed by atoms with Crippen molar-refractivity contribution < 1.29 is 9.53 Å². The normalized spacial score (nSPS) is 28.8. The first-order valence-electron chi connectivity index (χ1n) is 4.30. The molecule has 1 unspecified atom stereocenters. The molecule has 0 saturated carbocycles. The van der Waals surface area contributed by atoms with Crippen molar-refractivity contribution in [3.05, 3.63) is 0 Å². The molecule has 1 amide bonds. The third-order valence-electron chi connectivity index (χ3n) is 2.13. The summed E-state index contributed by atoms with van der Waals surface area (Å²) in [7, 11) is 1.67. The summed E-state index contributed by atoms with van der Waals surface area (Å²) < 4.78 is 5.19. The van der Waals surface area contributed by atoms with Crippen LogP contribution in [0.25, 0.3) is 0 Å². The zero-order chi connectivity index (χ0) is 8.97. The van der Waals surface area contributed by atoms with Crippen molar-refractivity contribution in [1.29, 1.82) is 0 Å². The minimum atomic E-state index is 0.0887. The number of amides is 1. The van der Waals surface area contributed by atoms with Crippen molar-refractivity contribution in [2.45, 2.75) is 25.5 Å². The third-order valence-corrected chi connectivity index (χ3v) is 2.13. The molecule has 1 fully saturated rings. The maximum absolute atomic E-state index is 11.0. The number of hydrogen-bond acceptors (Lipinski definition) is 3. The SMILES string of the molecule is CCC(=O)NC1CNC[C@@H]1OC. The first-order chi connectivity index (χ1) is 5.77. The Morgan fingerprint density at radius 3 is 3.00 bits per heavy atom. The van der Waals surface area contributed by atoms with Gasteiger partial charge in [-0.3, -0.25) is 4.79 Å². The first-order valence-corrected chi connectivity index (χ1v) is 4.30. The van der Waals surface area contributed by atoms with Gasteiger partial charge in [0.05, 0.1) is 12.1 Å². The fourth-order valence-corrected chi connectivity index (χ4v) is 1.36. The van der Waals surface area contributed by atoms with Crippen molar-refractivity contribution in [2.75, 3.05) is 20.2 Å². The van der Waals surface area contributed by atoms with E-state index in [1.165, 1.54) is 0 Å². The number of rotatable bonds is 3. The molecular formula is C8H16N2O2. The number of hydrogen-bond donors (Lipinski definition) is 2. The molecule has 0 aromatic carbocycles. The van der Waals surface area contributed by atoms with E-state index in [9.17, 15) is 4.79 Å². The quantitative estimate of drug-likeness (QED) is 0.603. The maximum atomic E-state index is 11.0. The minimum Gasteiger partial charge on any atom is -0.378 e. The average Bonchev–Trinajstić information content (AvgIpc) is 2.51. The molecule has 1 aliphatic heterocycles. The van der Waals surface area contributed by atoms with Crippen molar-refractivity contribution >= 4 is 5.91 Å². The summed E-state index contributed by atoms with van der Waals surface area (Å²) in [5.41, 5.74) is 0. The van der Waals surface area contributed by atoms with Crippen LogP contribution in [0.5, 0.6) is 0 Å². The molecule has 0 spiro atoms. The fourth-order valence-electron chi connectivity index (χ4n) is 1.36. The van der Waals surface area contributed by atoms with Gasteiger partial charge in [0, 0.05) is 26.6 Å². The zero-order valence-corrected chi connectivity index (χ0v) is 7.59. The summed E-state index contributed by atoms with van der Waals surface area (Å²) in [5, 5.41) is 6.07. The lowest BCUT2D eigenvalue weighted by atomic mass is 10.2. The van der Waals surface area contributed by atoms with Crippen LogP contribution in [-0.4, -0.2) is 38.3 Å². The standard InChI is InChI=1S/C8H16N2O2/c1-3-8(11)10-6-4-9-5-7(6)12-2/h6-7,9H,3-5H2,1-2H3,(H,10,11)/t6?,7-/m0/s1. The van der Waals surface area contributed by atoms with Crippen LogP contribution >= 0.6 is 0 Å². The highest BCUT2D eigenvalue weighted by Gasteiger charge is 2.27. The molecule has 1 heterocycles. The van der Waals surface area contributed by atoms with E-state index in [-0.39, 0.29) is 18.1 Å². The Balaban J connectivity index is 2.35. The Hall–Kier alpha value is -0.610. The molecule has 2 atom stereocenters. The predicted molar refractivity (Wildman–Crippen MR) is 45.9 cm³/mol. The Kier molecular flexibility index (Phi) is 3.49. The van der Waals surface area contributed by atoms with E-state index in [2.05, 4.69) is 10.6 Å². The van der Waals surface area contributed by atoms with Crippen molar-refractivity contribution in [2.24, 2.45) is 0 Å². The second kappa shape index (κ2) is 4.42. The lowest BCUT2D eigenvalue weighted by Crippen LogP contribution is -2.43. The monoisotopic (exact) mass is 172 g/mol. The van der Waals surface area contributed by atoms with Crippen LogP contribution in [0, 0.1) is 0 Å². The zero-order valence-electron chi connectivity index (χ0n) is 7.59. The van der Waals surface area contributed by atoms with Gasteiger partial charge in [-0.25, -0.2) is 0 Å². The van der Waals surface area contributed by atoms with Gasteiger partial charge in [-0.2, -0.15) is 0 Å². The molecule has 4 heteroatoms. The van der Waals surface area contributed by atoms with Gasteiger partial charge < -0.3 is 15.4 Å². The van der Waals surface area contributed by atoms with Gasteiger partial charge in [0.15, 0.2) is 0 Å². The number of ether oxygens (including phenoxy) is 1. The van der Waals surface area contributed by atoms with E-state index in [0.29, 0.717) is 6.42 Å². The summed E-state index contributed by atoms with van der Waals surface area (Å²) in [5.74, 6) is 0.0887. The topological polar surface area (TPSA) is 50.4 Å². The number of carbonyl (C=O) groups is 1. The second-order valence-corrected chi connectivity index (χ2v) is 2.96. The van der Waals surface area contributed by atoms with Crippen molar-refractivity contribution in [3.8, 4) is 0 Å². The largest absolute Gasteiger partial charge is 0.378 e. The fraction of sp³-hybridized carbons (Fsp3) is 0.875. The molecule has 2 N–H and O–H groups in total. The van der Waals surface area contributed by atoms with E-state index in [1.807, 2.05) is 6.92 Å². The number of nitrogens with one attached hydrogen (secondary N) is 2. The van der Waals surface area contributed by atoms with Gasteiger partial charge in [-0.05, 0) is 0 Å². The molecule has 0 bridgehead atoms. The summed E-state index contributed by atoms with van der Waals surface area (Å²) >= 11 is 0. The smallest absolute Gasteiger partial charge is 0.220 e. The highest BCUT2D eigenvalue weighted by Crippen LogP contribution is 2.03. The molecule has 4 nitrogen and oxygen atoms in total. The van der Waals surface area contributed by atoms with E-state index < -0.39 is 0 Å². The molecular weight excluding hydrogens is 156 g/mol. The molecule has 1 aliphatic rings. The summed E-state index contributed by atoms with van der Waals surface area (Å²) in [6, 6.07) is 0.141. The van der Waals surface area contributed by atoms with Gasteiger partial charge in [0.2, 0.25) is 5.91 Å². The van der Waals surface area contributed by atoms with Gasteiger partial charge in [0.1, 0.15) is 0 Å². The van der Waals surface area contributed by atoms with Gasteiger partial charge in [-0.15, -0.1) is 0 Å². The molecule has 0 radical (unpaired) electrons. The van der Waals surface area contributed by atoms with E-state index in [1.54, 1.807) is 7.11 Å². The van der Waals surface area contributed by atoms with Crippen molar-refractivity contribution in [3.63, 3.8) is 0 Å². The van der Waals surface area contributed by atoms with Crippen LogP contribution in [0.2, 0.25) is 0 Å². The molecule has 70 valence electrons. The van der Waals surface area contributed by atoms with Crippen LogP contribution in [0.3, 0.4) is 0 Å². The highest BCUT2D eigenvalue weighted by atomic mass is 16.5. The third kappa shape index (κ3) is 2.19. The van der Waals surface area contributed by atoms with Crippen LogP contribution in [0.4, 0.5) is 0 Å². The molecule has 12 heavy (non-hydrogen) atoms. The van der Waals surface area contributed by atoms with E-state index in [0.717, 1.165) is 13.1 Å². The van der Waals surface area contributed by atoms with Gasteiger partial charge in [0.25, 0.3) is 0 Å². The Morgan fingerprint density at radius 1 is 1.67 bits per heavy atom. The van der Waals surface area contributed by atoms with E-state index >= 15 is 0 Å². The summed E-state index contributed by atoms with van der Waals surface area (Å²) in [4.78, 5) is 11.0. The first kappa shape index (κ1) is 9.48. The second-order valence-electron chi connectivity index (χ2n) is 2.96. The highest BCUT2D eigenvalue weighted by molar-refractivity contribution is 5.75. The number of methoxy groups -OCH3 is 1. The number of carbonyl (C=O) groups excluding carboxylic acids is 1. The van der Waals surface area contributed by atoms with Gasteiger partial charge in [-0.1, -0.05) is 6.92 Å². The molecule has 0 aromatic heterocycles. The van der Waals surface area contributed by atoms with Gasteiger partial charge >= 0.3 is 0 Å². The van der Waals surface area contributed by atoms with Crippen LogP contribution < -0.4 is 10.6 Å². The Bertz CT molecular complexity index is 161. The van der Waals surface area contributed by atoms with Crippen LogP contribution in [-0.2, 0) is 9.53 Å². The van der Waals surface area contributed by atoms with Crippen molar-refractivity contribution in [1.82, 2.24) is 10.6 Å². The molecule has 0 aliphatic carbocycles. The Morgan fingerprint density at radius 2 is 2.42 bits per heavy atom. The lowest BCUT2D eigenvalue weighted by Gasteiger charge is -2.17. The van der Waals surface area contributed by atoms with E-state index in [4.69, 9.17) is 4.74 Å². The molecule has 1 saturated heterocycles. The van der Waals surface area contributed by atoms with Crippen LogP contribution in [0.15, 0.2) is 0 Å². The molecule has 0 aromatic rings. The average molecular weight is 172 g/mol. The lowest BCUT2D eigenvalue weighted by molar-refractivity contribution is -0.122. The minimum absolute atomic E-state index is 0.0887. The maximum Gasteiger partial charge on any atom is 0.220 e. The summed E-state index contributed by atoms with van der Waals surface area (Å²) in [6.07, 6.45) is 0.660. The summed E-state index contributed by atoms with van der Waals surface area (Å²) in [6.45, 7) is 3.48. The molecule has 1 rings (SSSR count).